The Hall–Kier alpha value is -4.12. The van der Waals surface area contributed by atoms with Crippen LogP contribution in [-0.4, -0.2) is 40.7 Å². The molecule has 0 saturated heterocycles. The van der Waals surface area contributed by atoms with E-state index < -0.39 is 10.8 Å². The maximum absolute atomic E-state index is 13.7. The Labute approximate surface area is 192 Å². The second kappa shape index (κ2) is 7.73. The number of carbonyl (C=O) groups excluding carboxylic acids is 2. The van der Waals surface area contributed by atoms with Crippen LogP contribution in [0.3, 0.4) is 0 Å². The van der Waals surface area contributed by atoms with Gasteiger partial charge in [0.1, 0.15) is 17.7 Å². The van der Waals surface area contributed by atoms with Crippen molar-refractivity contribution < 1.29 is 23.0 Å². The fourth-order valence-electron chi connectivity index (χ4n) is 4.32. The van der Waals surface area contributed by atoms with Crippen molar-refractivity contribution in [1.29, 1.82) is 0 Å². The van der Waals surface area contributed by atoms with E-state index in [0.29, 0.717) is 36.1 Å². The van der Waals surface area contributed by atoms with Gasteiger partial charge in [-0.25, -0.2) is 4.98 Å². The molecule has 0 unspecified atom stereocenters. The Morgan fingerprint density at radius 1 is 0.824 bits per heavy atom. The van der Waals surface area contributed by atoms with Crippen molar-refractivity contribution in [2.75, 3.05) is 24.7 Å². The first-order valence-electron chi connectivity index (χ1n) is 10.4. The standard InChI is InChI=1S/C23H19F3N6O2/c1-30-11-13-5-3-7-15(20(13)22(30)33)28-17-9-19(27-10-18(17)32(24,25)26)29-16-8-4-6-14-12-31(2)23(34)21(14)16/h3-10H,11-12H2,1-2H3,(H-,27,28,29,33,34)/p+1. The van der Waals surface area contributed by atoms with Crippen LogP contribution < -0.4 is 15.8 Å². The van der Waals surface area contributed by atoms with Crippen LogP contribution >= 0.6 is 0 Å². The molecule has 0 spiro atoms. The van der Waals surface area contributed by atoms with E-state index in [4.69, 9.17) is 0 Å². The zero-order valence-corrected chi connectivity index (χ0v) is 18.3. The lowest BCUT2D eigenvalue weighted by Crippen LogP contribution is -2.20. The van der Waals surface area contributed by atoms with Crippen molar-refractivity contribution in [3.63, 3.8) is 0 Å². The predicted molar refractivity (Wildman–Crippen MR) is 120 cm³/mol. The number of pyridine rings is 1. The minimum Gasteiger partial charge on any atom is -0.349 e. The molecule has 8 nitrogen and oxygen atoms in total. The molecule has 1 aromatic heterocycles. The lowest BCUT2D eigenvalue weighted by Gasteiger charge is -2.15. The minimum absolute atomic E-state index is 0.117. The summed E-state index contributed by atoms with van der Waals surface area (Å²) in [4.78, 5) is 32.1. The van der Waals surface area contributed by atoms with Crippen molar-refractivity contribution in [3.8, 4) is 0 Å². The third-order valence-electron chi connectivity index (χ3n) is 5.93. The fourth-order valence-corrected chi connectivity index (χ4v) is 4.32. The van der Waals surface area contributed by atoms with Crippen LogP contribution in [0.4, 0.5) is 42.0 Å². The molecule has 3 heterocycles. The minimum atomic E-state index is -3.96. The van der Waals surface area contributed by atoms with Crippen LogP contribution in [0.25, 0.3) is 0 Å². The molecule has 2 aliphatic rings. The molecule has 5 rings (SSSR count). The van der Waals surface area contributed by atoms with Gasteiger partial charge in [-0.2, -0.15) is 0 Å². The highest BCUT2D eigenvalue weighted by Crippen LogP contribution is 2.39. The summed E-state index contributed by atoms with van der Waals surface area (Å²) in [5.41, 5.74) is 1.77. The predicted octanol–water partition coefficient (Wildman–Crippen LogP) is 4.70. The highest BCUT2D eigenvalue weighted by Gasteiger charge is 2.40. The quantitative estimate of drug-likeness (QED) is 0.530. The van der Waals surface area contributed by atoms with E-state index in [1.54, 1.807) is 49.3 Å². The molecule has 0 aliphatic carbocycles. The number of benzene rings is 2. The summed E-state index contributed by atoms with van der Waals surface area (Å²) in [6, 6.07) is 11.5. The van der Waals surface area contributed by atoms with Crippen molar-refractivity contribution in [2.24, 2.45) is 0 Å². The summed E-state index contributed by atoms with van der Waals surface area (Å²) in [5.74, 6) is -0.329. The Morgan fingerprint density at radius 2 is 1.35 bits per heavy atom. The van der Waals surface area contributed by atoms with Crippen molar-refractivity contribution in [3.05, 3.63) is 70.9 Å². The Bertz CT molecular complexity index is 1340. The SMILES string of the molecule is CN1Cc2cccc(Nc3cc(Nc4cccc5c4C(=O)N(C)C5)c([N+](F)(F)F)cn3)c2C1=O. The van der Waals surface area contributed by atoms with Gasteiger partial charge in [0.25, 0.3) is 17.0 Å². The van der Waals surface area contributed by atoms with E-state index in [1.165, 1.54) is 11.0 Å². The average Bonchev–Trinajstić information content (AvgIpc) is 3.23. The number of rotatable bonds is 5. The van der Waals surface area contributed by atoms with Gasteiger partial charge in [-0.05, 0) is 23.3 Å². The molecule has 0 atom stereocenters. The molecule has 2 amide bonds. The summed E-state index contributed by atoms with van der Waals surface area (Å²) >= 11 is 0. The van der Waals surface area contributed by atoms with Gasteiger partial charge in [-0.3, -0.25) is 9.59 Å². The maximum atomic E-state index is 13.7. The average molecular weight is 469 g/mol. The molecule has 3 aromatic rings. The molecule has 0 saturated carbocycles. The summed E-state index contributed by atoms with van der Waals surface area (Å²) in [5, 5.41) is 1.81. The van der Waals surface area contributed by atoms with Gasteiger partial charge in [0.15, 0.2) is 0 Å². The molecule has 11 heteroatoms. The van der Waals surface area contributed by atoms with Crippen LogP contribution in [0, 0.1) is 0 Å². The summed E-state index contributed by atoms with van der Waals surface area (Å²) in [6.07, 6.45) is 0.707. The molecule has 34 heavy (non-hydrogen) atoms. The van der Waals surface area contributed by atoms with Crippen molar-refractivity contribution in [1.82, 2.24) is 19.9 Å². The number of aromatic nitrogens is 1. The number of hydrogen-bond donors (Lipinski definition) is 2. The fraction of sp³-hybridized carbons (Fsp3) is 0.174. The molecule has 0 bridgehead atoms. The maximum Gasteiger partial charge on any atom is 0.301 e. The number of carbonyl (C=O) groups is 2. The number of amides is 2. The highest BCUT2D eigenvalue weighted by atomic mass is 19.6. The van der Waals surface area contributed by atoms with Crippen LogP contribution in [-0.2, 0) is 13.1 Å². The first-order chi connectivity index (χ1) is 16.1. The third-order valence-corrected chi connectivity index (χ3v) is 5.93. The van der Waals surface area contributed by atoms with E-state index in [0.717, 1.165) is 11.1 Å². The van der Waals surface area contributed by atoms with Gasteiger partial charge >= 0.3 is 5.69 Å². The van der Waals surface area contributed by atoms with E-state index in [-0.39, 0.29) is 29.0 Å². The number of nitrogens with zero attached hydrogens (tertiary/aromatic N) is 4. The van der Waals surface area contributed by atoms with E-state index >= 15 is 0 Å². The second-order valence-electron chi connectivity index (χ2n) is 8.28. The van der Waals surface area contributed by atoms with Crippen LogP contribution in [0.5, 0.6) is 0 Å². The Morgan fingerprint density at radius 3 is 1.88 bits per heavy atom. The Balaban J connectivity index is 1.54. The molecular weight excluding hydrogens is 449 g/mol. The first-order valence-corrected chi connectivity index (χ1v) is 10.4. The number of anilines is 4. The summed E-state index contributed by atoms with van der Waals surface area (Å²) < 4.78 is 41.1. The van der Waals surface area contributed by atoms with Gasteiger partial charge in [0.2, 0.25) is 0 Å². The summed E-state index contributed by atoms with van der Waals surface area (Å²) in [7, 11) is 3.31. The number of hydrogen-bond acceptors (Lipinski definition) is 5. The largest absolute Gasteiger partial charge is 0.349 e. The smallest absolute Gasteiger partial charge is 0.301 e. The summed E-state index contributed by atoms with van der Waals surface area (Å²) in [6.45, 7) is 0.840. The molecule has 0 radical (unpaired) electrons. The van der Waals surface area contributed by atoms with E-state index in [1.807, 2.05) is 6.07 Å². The second-order valence-corrected chi connectivity index (χ2v) is 8.28. The third kappa shape index (κ3) is 3.59. The Kier molecular flexibility index (Phi) is 4.94. The normalized spacial score (nSPS) is 15.0. The lowest BCUT2D eigenvalue weighted by atomic mass is 10.1. The zero-order chi connectivity index (χ0) is 24.2. The number of nitrogens with one attached hydrogen (secondary N) is 2. The van der Waals surface area contributed by atoms with E-state index in [9.17, 15) is 23.0 Å². The lowest BCUT2D eigenvalue weighted by molar-refractivity contribution is -0.278. The molecule has 174 valence electrons. The van der Waals surface area contributed by atoms with Crippen molar-refractivity contribution in [2.45, 2.75) is 13.1 Å². The first kappa shape index (κ1) is 21.7. The van der Waals surface area contributed by atoms with Gasteiger partial charge in [0.05, 0.1) is 35.9 Å². The molecule has 0 fully saturated rings. The molecule has 2 aromatic carbocycles. The number of fused-ring (bicyclic) bond motifs is 2. The van der Waals surface area contributed by atoms with Crippen LogP contribution in [0.1, 0.15) is 31.8 Å². The van der Waals surface area contributed by atoms with Gasteiger partial charge in [0, 0.05) is 33.3 Å². The van der Waals surface area contributed by atoms with Gasteiger partial charge < -0.3 is 20.4 Å². The molecule has 2 aliphatic heterocycles. The van der Waals surface area contributed by atoms with Crippen LogP contribution in [0.15, 0.2) is 48.7 Å². The van der Waals surface area contributed by atoms with Gasteiger partial charge in [-0.1, -0.05) is 24.3 Å². The van der Waals surface area contributed by atoms with Gasteiger partial charge in [-0.15, -0.1) is 0 Å². The van der Waals surface area contributed by atoms with E-state index in [2.05, 4.69) is 15.6 Å². The molecule has 2 N–H and O–H groups in total. The highest BCUT2D eigenvalue weighted by molar-refractivity contribution is 6.05. The number of quaternary nitrogens is 1. The monoisotopic (exact) mass is 469 g/mol. The topological polar surface area (TPSA) is 77.6 Å². The number of halogens is 3. The molecular formula is C23H20F3N6O2+. The van der Waals surface area contributed by atoms with Crippen molar-refractivity contribution >= 4 is 40.4 Å². The van der Waals surface area contributed by atoms with Crippen LogP contribution in [0.2, 0.25) is 0 Å². The zero-order valence-electron chi connectivity index (χ0n) is 18.3.